The number of carbonyl (C=O) groups is 1. The Balaban J connectivity index is 1.31. The molecule has 2 saturated heterocycles. The number of para-hydroxylation sites is 1. The van der Waals surface area contributed by atoms with Crippen LogP contribution in [0.4, 0.5) is 0 Å². The molecule has 0 N–H and O–H groups in total. The highest BCUT2D eigenvalue weighted by atomic mass is 16.5. The molecule has 5 nitrogen and oxygen atoms in total. The van der Waals surface area contributed by atoms with E-state index in [1.807, 2.05) is 29.2 Å². The molecule has 4 rings (SSSR count). The molecule has 2 aliphatic rings. The molecule has 1 aromatic heterocycles. The lowest BCUT2D eigenvalue weighted by atomic mass is 10.1. The predicted molar refractivity (Wildman–Crippen MR) is 97.4 cm³/mol. The van der Waals surface area contributed by atoms with Gasteiger partial charge in [-0.05, 0) is 25.0 Å². The fraction of sp³-hybridized carbons (Fsp3) is 0.500. The van der Waals surface area contributed by atoms with E-state index in [0.29, 0.717) is 18.9 Å². The molecule has 0 saturated carbocycles. The zero-order valence-corrected chi connectivity index (χ0v) is 14.6. The summed E-state index contributed by atoms with van der Waals surface area (Å²) in [6.45, 7) is 5.37. The smallest absolute Gasteiger partial charge is 0.223 e. The van der Waals surface area contributed by atoms with Crippen molar-refractivity contribution >= 4 is 16.8 Å². The van der Waals surface area contributed by atoms with E-state index < -0.39 is 0 Å². The predicted octanol–water partition coefficient (Wildman–Crippen LogP) is 2.10. The van der Waals surface area contributed by atoms with Gasteiger partial charge in [0, 0.05) is 49.7 Å². The molecule has 3 heterocycles. The van der Waals surface area contributed by atoms with Crippen LogP contribution in [-0.4, -0.2) is 66.1 Å². The second kappa shape index (κ2) is 7.50. The van der Waals surface area contributed by atoms with Crippen LogP contribution in [0.3, 0.4) is 0 Å². The molecule has 132 valence electrons. The maximum Gasteiger partial charge on any atom is 0.223 e. The van der Waals surface area contributed by atoms with E-state index in [2.05, 4.69) is 22.0 Å². The van der Waals surface area contributed by atoms with Crippen LogP contribution in [-0.2, 0) is 16.0 Å². The Hall–Kier alpha value is -1.98. The third kappa shape index (κ3) is 3.83. The van der Waals surface area contributed by atoms with Crippen LogP contribution in [0, 0.1) is 0 Å². The van der Waals surface area contributed by atoms with Crippen molar-refractivity contribution in [3.8, 4) is 0 Å². The Morgan fingerprint density at radius 3 is 2.84 bits per heavy atom. The Kier molecular flexibility index (Phi) is 4.95. The van der Waals surface area contributed by atoms with Crippen molar-refractivity contribution in [2.75, 3.05) is 39.4 Å². The minimum atomic E-state index is 0.255. The molecule has 1 unspecified atom stereocenters. The first kappa shape index (κ1) is 16.5. The topological polar surface area (TPSA) is 45.7 Å². The molecule has 1 aromatic carbocycles. The zero-order valence-electron chi connectivity index (χ0n) is 14.6. The van der Waals surface area contributed by atoms with Crippen LogP contribution >= 0.6 is 0 Å². The molecular weight excluding hydrogens is 314 g/mol. The zero-order chi connectivity index (χ0) is 17.1. The molecule has 0 radical (unpaired) electrons. The summed E-state index contributed by atoms with van der Waals surface area (Å²) in [5.74, 6) is 0.255. The molecule has 2 aliphatic heterocycles. The van der Waals surface area contributed by atoms with Crippen molar-refractivity contribution in [3.05, 3.63) is 42.1 Å². The molecule has 0 aliphatic carbocycles. The largest absolute Gasteiger partial charge is 0.379 e. The van der Waals surface area contributed by atoms with Crippen molar-refractivity contribution in [1.82, 2.24) is 14.8 Å². The number of rotatable bonds is 4. The van der Waals surface area contributed by atoms with Gasteiger partial charge in [0.1, 0.15) is 0 Å². The number of morpholine rings is 1. The number of carbonyl (C=O) groups excluding carboxylic acids is 1. The van der Waals surface area contributed by atoms with Gasteiger partial charge in [-0.25, -0.2) is 0 Å². The summed E-state index contributed by atoms with van der Waals surface area (Å²) in [5.41, 5.74) is 2.00. The van der Waals surface area contributed by atoms with Crippen LogP contribution in [0.2, 0.25) is 0 Å². The highest BCUT2D eigenvalue weighted by molar-refractivity contribution is 5.79. The molecule has 0 spiro atoms. The van der Waals surface area contributed by atoms with Gasteiger partial charge in [0.25, 0.3) is 0 Å². The van der Waals surface area contributed by atoms with E-state index in [9.17, 15) is 4.79 Å². The minimum Gasteiger partial charge on any atom is -0.379 e. The van der Waals surface area contributed by atoms with E-state index in [0.717, 1.165) is 62.4 Å². The number of hydrogen-bond acceptors (Lipinski definition) is 4. The average molecular weight is 339 g/mol. The van der Waals surface area contributed by atoms with Gasteiger partial charge in [0.15, 0.2) is 0 Å². The summed E-state index contributed by atoms with van der Waals surface area (Å²) in [6, 6.07) is 12.7. The van der Waals surface area contributed by atoms with Gasteiger partial charge < -0.3 is 9.64 Å². The Labute approximate surface area is 148 Å². The number of benzene rings is 1. The monoisotopic (exact) mass is 339 g/mol. The van der Waals surface area contributed by atoms with Gasteiger partial charge in [-0.1, -0.05) is 24.3 Å². The summed E-state index contributed by atoms with van der Waals surface area (Å²) in [5, 5.41) is 1.14. The first-order valence-corrected chi connectivity index (χ1v) is 9.24. The molecule has 2 aromatic rings. The normalized spacial score (nSPS) is 21.8. The second-order valence-electron chi connectivity index (χ2n) is 6.93. The lowest BCUT2D eigenvalue weighted by molar-refractivity contribution is -0.130. The Bertz CT molecular complexity index is 743. The molecule has 2 fully saturated rings. The number of likely N-dealkylation sites (tertiary alicyclic amines) is 1. The highest BCUT2D eigenvalue weighted by Gasteiger charge is 2.30. The lowest BCUT2D eigenvalue weighted by Crippen LogP contribution is -2.45. The van der Waals surface area contributed by atoms with E-state index in [1.165, 1.54) is 0 Å². The first-order chi connectivity index (χ1) is 12.3. The molecule has 5 heteroatoms. The summed E-state index contributed by atoms with van der Waals surface area (Å²) in [6.07, 6.45) is 2.34. The standard InChI is InChI=1S/C20H25N3O2/c24-20(23-10-9-18(15-23)22-11-13-25-14-12-22)8-7-17-6-5-16-3-1-2-4-19(16)21-17/h1-6,18H,7-15H2. The quantitative estimate of drug-likeness (QED) is 0.856. The van der Waals surface area contributed by atoms with Crippen LogP contribution in [0.15, 0.2) is 36.4 Å². The fourth-order valence-corrected chi connectivity index (χ4v) is 3.85. The van der Waals surface area contributed by atoms with Crippen molar-refractivity contribution in [2.45, 2.75) is 25.3 Å². The van der Waals surface area contributed by atoms with Crippen LogP contribution in [0.25, 0.3) is 10.9 Å². The minimum absolute atomic E-state index is 0.255. The van der Waals surface area contributed by atoms with Crippen molar-refractivity contribution in [1.29, 1.82) is 0 Å². The Morgan fingerprint density at radius 1 is 1.12 bits per heavy atom. The fourth-order valence-electron chi connectivity index (χ4n) is 3.85. The van der Waals surface area contributed by atoms with Gasteiger partial charge in [-0.3, -0.25) is 14.7 Å². The van der Waals surface area contributed by atoms with E-state index in [4.69, 9.17) is 4.74 Å². The van der Waals surface area contributed by atoms with E-state index >= 15 is 0 Å². The van der Waals surface area contributed by atoms with Crippen LogP contribution < -0.4 is 0 Å². The van der Waals surface area contributed by atoms with Gasteiger partial charge in [-0.2, -0.15) is 0 Å². The van der Waals surface area contributed by atoms with Gasteiger partial charge >= 0.3 is 0 Å². The van der Waals surface area contributed by atoms with Crippen LogP contribution in [0.1, 0.15) is 18.5 Å². The number of amides is 1. The number of aryl methyl sites for hydroxylation is 1. The molecular formula is C20H25N3O2. The van der Waals surface area contributed by atoms with Crippen molar-refractivity contribution in [2.24, 2.45) is 0 Å². The summed E-state index contributed by atoms with van der Waals surface area (Å²) in [7, 11) is 0. The molecule has 1 atom stereocenters. The van der Waals surface area contributed by atoms with Crippen molar-refractivity contribution in [3.63, 3.8) is 0 Å². The maximum atomic E-state index is 12.6. The third-order valence-corrected chi connectivity index (χ3v) is 5.33. The summed E-state index contributed by atoms with van der Waals surface area (Å²) < 4.78 is 5.42. The average Bonchev–Trinajstić information content (AvgIpc) is 3.17. The van der Waals surface area contributed by atoms with E-state index in [-0.39, 0.29) is 5.91 Å². The summed E-state index contributed by atoms with van der Waals surface area (Å²) in [4.78, 5) is 21.7. The number of hydrogen-bond donors (Lipinski definition) is 0. The summed E-state index contributed by atoms with van der Waals surface area (Å²) >= 11 is 0. The number of fused-ring (bicyclic) bond motifs is 1. The number of aromatic nitrogens is 1. The third-order valence-electron chi connectivity index (χ3n) is 5.33. The van der Waals surface area contributed by atoms with Crippen LogP contribution in [0.5, 0.6) is 0 Å². The van der Waals surface area contributed by atoms with Crippen molar-refractivity contribution < 1.29 is 9.53 Å². The SMILES string of the molecule is O=C(CCc1ccc2ccccc2n1)N1CCC(N2CCOCC2)C1. The van der Waals surface area contributed by atoms with Gasteiger partial charge in [0.05, 0.1) is 18.7 Å². The van der Waals surface area contributed by atoms with E-state index in [1.54, 1.807) is 0 Å². The number of ether oxygens (including phenoxy) is 1. The number of nitrogens with zero attached hydrogens (tertiary/aromatic N) is 3. The molecule has 1 amide bonds. The Morgan fingerprint density at radius 2 is 1.96 bits per heavy atom. The number of pyridine rings is 1. The molecule has 0 bridgehead atoms. The lowest BCUT2D eigenvalue weighted by Gasteiger charge is -2.32. The molecule has 25 heavy (non-hydrogen) atoms. The van der Waals surface area contributed by atoms with Gasteiger partial charge in [0.2, 0.25) is 5.91 Å². The maximum absolute atomic E-state index is 12.6. The first-order valence-electron chi connectivity index (χ1n) is 9.24. The highest BCUT2D eigenvalue weighted by Crippen LogP contribution is 2.19. The second-order valence-corrected chi connectivity index (χ2v) is 6.93. The van der Waals surface area contributed by atoms with Gasteiger partial charge in [-0.15, -0.1) is 0 Å².